The first-order valence-corrected chi connectivity index (χ1v) is 13.9. The predicted molar refractivity (Wildman–Crippen MR) is 147 cm³/mol. The molecule has 37 heavy (non-hydrogen) atoms. The minimum Gasteiger partial charge on any atom is -0.357 e. The van der Waals surface area contributed by atoms with Gasteiger partial charge in [-0.2, -0.15) is 0 Å². The highest BCUT2D eigenvalue weighted by atomic mass is 35.5. The molecule has 0 unspecified atom stereocenters. The molecule has 3 aromatic carbocycles. The fourth-order valence-electron chi connectivity index (χ4n) is 4.00. The molecule has 0 bridgehead atoms. The molecule has 2 amide bonds. The summed E-state index contributed by atoms with van der Waals surface area (Å²) < 4.78 is 28.6. The Morgan fingerprint density at radius 2 is 1.57 bits per heavy atom. The molecule has 7 nitrogen and oxygen atoms in total. The summed E-state index contributed by atoms with van der Waals surface area (Å²) in [6, 6.07) is 18.8. The molecule has 3 aromatic rings. The lowest BCUT2D eigenvalue weighted by atomic mass is 10.1. The van der Waals surface area contributed by atoms with Gasteiger partial charge in [0.25, 0.3) is 10.0 Å². The van der Waals surface area contributed by atoms with Gasteiger partial charge in [-0.1, -0.05) is 60.5 Å². The summed E-state index contributed by atoms with van der Waals surface area (Å²) in [4.78, 5) is 28.0. The van der Waals surface area contributed by atoms with Crippen LogP contribution in [0.15, 0.2) is 77.7 Å². The second kappa shape index (κ2) is 12.4. The summed E-state index contributed by atoms with van der Waals surface area (Å²) >= 11 is 12.1. The molecule has 0 aliphatic heterocycles. The van der Waals surface area contributed by atoms with E-state index in [1.807, 2.05) is 0 Å². The van der Waals surface area contributed by atoms with Crippen LogP contribution < -0.4 is 9.62 Å². The van der Waals surface area contributed by atoms with Crippen LogP contribution >= 0.6 is 23.2 Å². The van der Waals surface area contributed by atoms with Gasteiger partial charge in [-0.3, -0.25) is 13.9 Å². The van der Waals surface area contributed by atoms with Gasteiger partial charge in [0.05, 0.1) is 10.6 Å². The van der Waals surface area contributed by atoms with Crippen molar-refractivity contribution in [1.82, 2.24) is 10.2 Å². The normalized spacial score (nSPS) is 12.0. The Balaban J connectivity index is 2.08. The zero-order valence-electron chi connectivity index (χ0n) is 20.8. The molecule has 196 valence electrons. The zero-order valence-corrected chi connectivity index (χ0v) is 23.1. The molecular weight excluding hydrogens is 533 g/mol. The number of hydrogen-bond acceptors (Lipinski definition) is 4. The van der Waals surface area contributed by atoms with Crippen LogP contribution in [0.1, 0.15) is 24.5 Å². The molecular formula is C27H29Cl2N3O4S. The van der Waals surface area contributed by atoms with E-state index in [0.29, 0.717) is 27.7 Å². The van der Waals surface area contributed by atoms with Crippen molar-refractivity contribution in [3.8, 4) is 0 Å². The Kier molecular flexibility index (Phi) is 9.59. The number of halogens is 2. The number of rotatable bonds is 10. The van der Waals surface area contributed by atoms with Gasteiger partial charge in [0, 0.05) is 23.6 Å². The van der Waals surface area contributed by atoms with Crippen molar-refractivity contribution in [3.63, 3.8) is 0 Å². The molecule has 1 N–H and O–H groups in total. The molecule has 0 spiro atoms. The van der Waals surface area contributed by atoms with Gasteiger partial charge in [-0.05, 0) is 66.9 Å². The van der Waals surface area contributed by atoms with Crippen molar-refractivity contribution in [2.24, 2.45) is 0 Å². The smallest absolute Gasteiger partial charge is 0.264 e. The molecule has 10 heteroatoms. The van der Waals surface area contributed by atoms with Crippen LogP contribution in [0.4, 0.5) is 5.69 Å². The number of likely N-dealkylation sites (N-methyl/N-ethyl adjacent to an activating group) is 1. The molecule has 0 saturated carbocycles. The van der Waals surface area contributed by atoms with Crippen LogP contribution in [0.3, 0.4) is 0 Å². The number of nitrogens with one attached hydrogen (secondary N) is 1. The number of anilines is 1. The average molecular weight is 563 g/mol. The first-order chi connectivity index (χ1) is 17.6. The lowest BCUT2D eigenvalue weighted by Crippen LogP contribution is -2.51. The van der Waals surface area contributed by atoms with Gasteiger partial charge in [0.15, 0.2) is 0 Å². The summed E-state index contributed by atoms with van der Waals surface area (Å²) in [7, 11) is -2.63. The van der Waals surface area contributed by atoms with Crippen LogP contribution in [-0.2, 0) is 26.2 Å². The molecule has 0 radical (unpaired) electrons. The van der Waals surface area contributed by atoms with E-state index in [1.165, 1.54) is 24.1 Å². The van der Waals surface area contributed by atoms with Crippen molar-refractivity contribution in [2.45, 2.75) is 37.8 Å². The lowest BCUT2D eigenvalue weighted by Gasteiger charge is -2.33. The van der Waals surface area contributed by atoms with E-state index in [-0.39, 0.29) is 17.3 Å². The Hall–Kier alpha value is -3.07. The van der Waals surface area contributed by atoms with E-state index in [0.717, 1.165) is 9.87 Å². The Morgan fingerprint density at radius 1 is 0.946 bits per heavy atom. The zero-order chi connectivity index (χ0) is 27.2. The fourth-order valence-corrected chi connectivity index (χ4v) is 5.86. The van der Waals surface area contributed by atoms with Gasteiger partial charge in [-0.25, -0.2) is 8.42 Å². The largest absolute Gasteiger partial charge is 0.357 e. The van der Waals surface area contributed by atoms with E-state index in [1.54, 1.807) is 74.5 Å². The van der Waals surface area contributed by atoms with Crippen LogP contribution in [0.5, 0.6) is 0 Å². The van der Waals surface area contributed by atoms with Gasteiger partial charge in [-0.15, -0.1) is 0 Å². The van der Waals surface area contributed by atoms with E-state index >= 15 is 0 Å². The third-order valence-corrected chi connectivity index (χ3v) is 8.20. The summed E-state index contributed by atoms with van der Waals surface area (Å²) in [5.74, 6) is -0.871. The molecule has 0 saturated heterocycles. The highest BCUT2D eigenvalue weighted by Gasteiger charge is 2.33. The molecule has 1 atom stereocenters. The summed E-state index contributed by atoms with van der Waals surface area (Å²) in [6.07, 6.45) is 0.338. The molecule has 0 aliphatic rings. The molecule has 0 aliphatic carbocycles. The van der Waals surface area contributed by atoms with Crippen molar-refractivity contribution in [2.75, 3.05) is 17.9 Å². The predicted octanol–water partition coefficient (Wildman–Crippen LogP) is 5.05. The highest BCUT2D eigenvalue weighted by molar-refractivity contribution is 7.92. The maximum absolute atomic E-state index is 13.9. The number of sulfonamides is 1. The standard InChI is InChI=1S/C27H29Cl2N3O4S/c1-4-24(27(34)30-3)31(17-20-10-12-21(28)13-11-20)26(33)18-32(25-15-14-22(29)16-19(25)2)37(35,36)23-8-6-5-7-9-23/h5-16,24H,4,17-18H2,1-3H3,(H,30,34)/t24-/m1/s1. The number of nitrogens with zero attached hydrogens (tertiary/aromatic N) is 2. The third kappa shape index (κ3) is 6.83. The maximum Gasteiger partial charge on any atom is 0.264 e. The van der Waals surface area contributed by atoms with Gasteiger partial charge < -0.3 is 10.2 Å². The van der Waals surface area contributed by atoms with E-state index in [4.69, 9.17) is 23.2 Å². The van der Waals surface area contributed by atoms with E-state index < -0.39 is 28.5 Å². The molecule has 0 fully saturated rings. The van der Waals surface area contributed by atoms with Crippen LogP contribution in [0, 0.1) is 6.92 Å². The molecule has 0 heterocycles. The number of amides is 2. The number of benzene rings is 3. The van der Waals surface area contributed by atoms with E-state index in [9.17, 15) is 18.0 Å². The lowest BCUT2D eigenvalue weighted by molar-refractivity contribution is -0.140. The molecule has 0 aromatic heterocycles. The SMILES string of the molecule is CC[C@H](C(=O)NC)N(Cc1ccc(Cl)cc1)C(=O)CN(c1ccc(Cl)cc1C)S(=O)(=O)c1ccccc1. The van der Waals surface area contributed by atoms with Crippen LogP contribution in [0.25, 0.3) is 0 Å². The van der Waals surface area contributed by atoms with E-state index in [2.05, 4.69) is 5.32 Å². The van der Waals surface area contributed by atoms with Crippen LogP contribution in [0.2, 0.25) is 10.0 Å². The monoisotopic (exact) mass is 561 g/mol. The maximum atomic E-state index is 13.9. The van der Waals surface area contributed by atoms with Gasteiger partial charge in [0.2, 0.25) is 11.8 Å². The minimum absolute atomic E-state index is 0.0414. The summed E-state index contributed by atoms with van der Waals surface area (Å²) in [5, 5.41) is 3.59. The first-order valence-electron chi connectivity index (χ1n) is 11.7. The number of carbonyl (C=O) groups excluding carboxylic acids is 2. The first kappa shape index (κ1) is 28.5. The van der Waals surface area contributed by atoms with Crippen molar-refractivity contribution >= 4 is 50.7 Å². The Bertz CT molecular complexity index is 1350. The van der Waals surface area contributed by atoms with Crippen molar-refractivity contribution < 1.29 is 18.0 Å². The minimum atomic E-state index is -4.13. The Morgan fingerprint density at radius 3 is 2.14 bits per heavy atom. The fraction of sp³-hybridized carbons (Fsp3) is 0.259. The topological polar surface area (TPSA) is 86.8 Å². The van der Waals surface area contributed by atoms with Crippen molar-refractivity contribution in [1.29, 1.82) is 0 Å². The second-order valence-electron chi connectivity index (χ2n) is 8.44. The summed E-state index contributed by atoms with van der Waals surface area (Å²) in [5.41, 5.74) is 1.66. The number of hydrogen-bond donors (Lipinski definition) is 1. The van der Waals surface area contributed by atoms with Crippen LogP contribution in [-0.4, -0.2) is 44.8 Å². The number of carbonyl (C=O) groups is 2. The number of aryl methyl sites for hydroxylation is 1. The highest BCUT2D eigenvalue weighted by Crippen LogP contribution is 2.29. The van der Waals surface area contributed by atoms with Gasteiger partial charge >= 0.3 is 0 Å². The van der Waals surface area contributed by atoms with Crippen molar-refractivity contribution in [3.05, 3.63) is 94.0 Å². The third-order valence-electron chi connectivity index (χ3n) is 5.94. The average Bonchev–Trinajstić information content (AvgIpc) is 2.88. The molecule has 3 rings (SSSR count). The summed E-state index contributed by atoms with van der Waals surface area (Å²) in [6.45, 7) is 3.11. The Labute approximate surface area is 228 Å². The van der Waals surface area contributed by atoms with Gasteiger partial charge in [0.1, 0.15) is 12.6 Å². The second-order valence-corrected chi connectivity index (χ2v) is 11.2. The quantitative estimate of drug-likeness (QED) is 0.375.